The van der Waals surface area contributed by atoms with Crippen molar-refractivity contribution in [1.29, 1.82) is 0 Å². The highest BCUT2D eigenvalue weighted by molar-refractivity contribution is 7.98. The number of rotatable bonds is 6. The number of halogens is 1. The van der Waals surface area contributed by atoms with Gasteiger partial charge in [-0.25, -0.2) is 4.39 Å². The minimum Gasteiger partial charge on any atom is -0.338 e. The summed E-state index contributed by atoms with van der Waals surface area (Å²) in [6.45, 7) is 2.17. The molecule has 2 rings (SSSR count). The lowest BCUT2D eigenvalue weighted by atomic mass is 10.2. The van der Waals surface area contributed by atoms with E-state index in [1.165, 1.54) is 25.0 Å². The van der Waals surface area contributed by atoms with Gasteiger partial charge in [-0.1, -0.05) is 18.5 Å². The molecule has 0 amide bonds. The van der Waals surface area contributed by atoms with Crippen LogP contribution in [0.1, 0.15) is 25.7 Å². The summed E-state index contributed by atoms with van der Waals surface area (Å²) in [6, 6.07) is 6.07. The van der Waals surface area contributed by atoms with Gasteiger partial charge in [0.2, 0.25) is 11.7 Å². The van der Waals surface area contributed by atoms with Crippen molar-refractivity contribution in [1.82, 2.24) is 10.1 Å². The third-order valence-corrected chi connectivity index (χ3v) is 3.47. The first-order chi connectivity index (χ1) is 8.79. The second-order valence-corrected chi connectivity index (χ2v) is 5.03. The Hall–Kier alpha value is -1.36. The molecular weight excluding hydrogens is 251 g/mol. The van der Waals surface area contributed by atoms with Crippen molar-refractivity contribution in [3.8, 4) is 11.4 Å². The molecule has 0 atom stereocenters. The quantitative estimate of drug-likeness (QED) is 0.743. The summed E-state index contributed by atoms with van der Waals surface area (Å²) in [7, 11) is 0. The minimum atomic E-state index is -0.266. The van der Waals surface area contributed by atoms with Gasteiger partial charge >= 0.3 is 0 Å². The lowest BCUT2D eigenvalue weighted by Crippen LogP contribution is -1.85. The van der Waals surface area contributed by atoms with Gasteiger partial charge in [-0.15, -0.1) is 0 Å². The van der Waals surface area contributed by atoms with Crippen molar-refractivity contribution < 1.29 is 8.91 Å². The molecule has 5 heteroatoms. The molecule has 0 saturated carbocycles. The number of unbranched alkanes of at least 4 members (excludes halogenated alkanes) is 1. The second kappa shape index (κ2) is 6.54. The van der Waals surface area contributed by atoms with Crippen LogP contribution in [0.4, 0.5) is 4.39 Å². The summed E-state index contributed by atoms with van der Waals surface area (Å²) in [5, 5.41) is 3.89. The monoisotopic (exact) mass is 266 g/mol. The van der Waals surface area contributed by atoms with E-state index < -0.39 is 0 Å². The maximum absolute atomic E-state index is 12.8. The molecule has 0 fully saturated rings. The molecule has 96 valence electrons. The number of thioether (sulfide) groups is 1. The molecule has 0 bridgehead atoms. The molecular formula is C13H15FN2OS. The van der Waals surface area contributed by atoms with Crippen LogP contribution in [0.25, 0.3) is 11.4 Å². The average molecular weight is 266 g/mol. The minimum absolute atomic E-state index is 0.266. The van der Waals surface area contributed by atoms with E-state index in [0.717, 1.165) is 17.1 Å². The standard InChI is InChI=1S/C13H15FN2OS/c1-2-3-8-18-9-12-15-13(16-17-12)10-4-6-11(14)7-5-10/h4-7H,2-3,8-9H2,1H3. The van der Waals surface area contributed by atoms with Crippen LogP contribution >= 0.6 is 11.8 Å². The first kappa shape index (κ1) is 13.1. The van der Waals surface area contributed by atoms with Crippen LogP contribution in [0, 0.1) is 5.82 Å². The number of nitrogens with zero attached hydrogens (tertiary/aromatic N) is 2. The van der Waals surface area contributed by atoms with Gasteiger partial charge in [0.15, 0.2) is 0 Å². The van der Waals surface area contributed by atoms with Gasteiger partial charge in [-0.05, 0) is 36.4 Å². The molecule has 0 unspecified atom stereocenters. The number of hydrogen-bond acceptors (Lipinski definition) is 4. The predicted molar refractivity (Wildman–Crippen MR) is 70.8 cm³/mol. The van der Waals surface area contributed by atoms with Gasteiger partial charge in [0.05, 0.1) is 5.75 Å². The summed E-state index contributed by atoms with van der Waals surface area (Å²) in [5.74, 6) is 2.70. The van der Waals surface area contributed by atoms with E-state index in [9.17, 15) is 4.39 Å². The van der Waals surface area contributed by atoms with Gasteiger partial charge in [0, 0.05) is 5.56 Å². The molecule has 2 aromatic rings. The molecule has 0 spiro atoms. The number of aromatic nitrogens is 2. The van der Waals surface area contributed by atoms with Crippen LogP contribution in [0.5, 0.6) is 0 Å². The van der Waals surface area contributed by atoms with Crippen molar-refractivity contribution in [2.24, 2.45) is 0 Å². The van der Waals surface area contributed by atoms with Crippen molar-refractivity contribution >= 4 is 11.8 Å². The Morgan fingerprint density at radius 2 is 2.06 bits per heavy atom. The highest BCUT2D eigenvalue weighted by atomic mass is 32.2. The Morgan fingerprint density at radius 1 is 1.28 bits per heavy atom. The fourth-order valence-electron chi connectivity index (χ4n) is 1.44. The summed E-state index contributed by atoms with van der Waals surface area (Å²) in [5.41, 5.74) is 0.768. The Balaban J connectivity index is 1.95. The Labute approximate surface area is 110 Å². The molecule has 1 heterocycles. The third kappa shape index (κ3) is 3.57. The van der Waals surface area contributed by atoms with Crippen molar-refractivity contribution in [3.05, 3.63) is 36.0 Å². The average Bonchev–Trinajstić information content (AvgIpc) is 2.84. The highest BCUT2D eigenvalue weighted by Crippen LogP contribution is 2.18. The number of hydrogen-bond donors (Lipinski definition) is 0. The van der Waals surface area contributed by atoms with Crippen LogP contribution < -0.4 is 0 Å². The van der Waals surface area contributed by atoms with Crippen LogP contribution in [-0.4, -0.2) is 15.9 Å². The molecule has 1 aromatic heterocycles. The molecule has 18 heavy (non-hydrogen) atoms. The fraction of sp³-hybridized carbons (Fsp3) is 0.385. The zero-order valence-electron chi connectivity index (χ0n) is 10.2. The lowest BCUT2D eigenvalue weighted by Gasteiger charge is -1.94. The molecule has 0 aliphatic heterocycles. The van der Waals surface area contributed by atoms with Gasteiger partial charge in [-0.2, -0.15) is 16.7 Å². The molecule has 0 aliphatic carbocycles. The van der Waals surface area contributed by atoms with E-state index in [1.54, 1.807) is 23.9 Å². The predicted octanol–water partition coefficient (Wildman–Crippen LogP) is 3.91. The molecule has 0 radical (unpaired) electrons. The zero-order chi connectivity index (χ0) is 12.8. The summed E-state index contributed by atoms with van der Waals surface area (Å²) in [4.78, 5) is 4.29. The van der Waals surface area contributed by atoms with E-state index in [1.807, 2.05) is 0 Å². The molecule has 0 N–H and O–H groups in total. The first-order valence-corrected chi connectivity index (χ1v) is 7.11. The van der Waals surface area contributed by atoms with Crippen LogP contribution in [0.2, 0.25) is 0 Å². The number of benzene rings is 1. The maximum Gasteiger partial charge on any atom is 0.236 e. The van der Waals surface area contributed by atoms with E-state index in [-0.39, 0.29) is 5.82 Å². The van der Waals surface area contributed by atoms with Crippen LogP contribution in [-0.2, 0) is 5.75 Å². The van der Waals surface area contributed by atoms with Gasteiger partial charge in [0.25, 0.3) is 0 Å². The SMILES string of the molecule is CCCCSCc1nc(-c2ccc(F)cc2)no1. The van der Waals surface area contributed by atoms with Crippen LogP contribution in [0.15, 0.2) is 28.8 Å². The van der Waals surface area contributed by atoms with Crippen molar-refractivity contribution in [2.45, 2.75) is 25.5 Å². The summed E-state index contributed by atoms with van der Waals surface area (Å²) in [6.07, 6.45) is 2.39. The van der Waals surface area contributed by atoms with Crippen molar-refractivity contribution in [3.63, 3.8) is 0 Å². The summed E-state index contributed by atoms with van der Waals surface area (Å²) < 4.78 is 17.9. The third-order valence-electron chi connectivity index (χ3n) is 2.44. The second-order valence-electron chi connectivity index (χ2n) is 3.92. The first-order valence-electron chi connectivity index (χ1n) is 5.96. The lowest BCUT2D eigenvalue weighted by molar-refractivity contribution is 0.391. The maximum atomic E-state index is 12.8. The smallest absolute Gasteiger partial charge is 0.236 e. The van der Waals surface area contributed by atoms with E-state index in [0.29, 0.717) is 11.7 Å². The van der Waals surface area contributed by atoms with E-state index in [4.69, 9.17) is 4.52 Å². The fourth-order valence-corrected chi connectivity index (χ4v) is 2.36. The van der Waals surface area contributed by atoms with Gasteiger partial charge in [-0.3, -0.25) is 0 Å². The molecule has 3 nitrogen and oxygen atoms in total. The largest absolute Gasteiger partial charge is 0.338 e. The highest BCUT2D eigenvalue weighted by Gasteiger charge is 2.08. The molecule has 0 aliphatic rings. The topological polar surface area (TPSA) is 38.9 Å². The Kier molecular flexibility index (Phi) is 4.75. The van der Waals surface area contributed by atoms with Crippen molar-refractivity contribution in [2.75, 3.05) is 5.75 Å². The molecule has 0 saturated heterocycles. The van der Waals surface area contributed by atoms with E-state index >= 15 is 0 Å². The molecule has 1 aromatic carbocycles. The van der Waals surface area contributed by atoms with Crippen LogP contribution in [0.3, 0.4) is 0 Å². The zero-order valence-corrected chi connectivity index (χ0v) is 11.0. The van der Waals surface area contributed by atoms with Gasteiger partial charge < -0.3 is 4.52 Å². The normalized spacial score (nSPS) is 10.8. The summed E-state index contributed by atoms with van der Waals surface area (Å²) >= 11 is 1.79. The Morgan fingerprint density at radius 3 is 2.78 bits per heavy atom. The Bertz CT molecular complexity index is 484. The van der Waals surface area contributed by atoms with E-state index in [2.05, 4.69) is 17.1 Å². The van der Waals surface area contributed by atoms with Gasteiger partial charge in [0.1, 0.15) is 5.82 Å².